The van der Waals surface area contributed by atoms with Crippen LogP contribution in [0.25, 0.3) is 0 Å². The van der Waals surface area contributed by atoms with Crippen molar-refractivity contribution in [3.8, 4) is 11.5 Å². The summed E-state index contributed by atoms with van der Waals surface area (Å²) in [6.45, 7) is -0.490. The zero-order valence-corrected chi connectivity index (χ0v) is 20.0. The SMILES string of the molecule is O=C(COC(=O)c1ccc2c(c1)C(=O)N(c1cccc(Cl)c1)C2=O)c1ccc(Oc2ccccc2)cc1. The second kappa shape index (κ2) is 10.1. The van der Waals surface area contributed by atoms with Crippen LogP contribution in [0.15, 0.2) is 97.1 Å². The zero-order chi connectivity index (χ0) is 25.9. The highest BCUT2D eigenvalue weighted by molar-refractivity contribution is 6.35. The van der Waals surface area contributed by atoms with E-state index in [1.165, 1.54) is 24.3 Å². The quantitative estimate of drug-likeness (QED) is 0.172. The lowest BCUT2D eigenvalue weighted by Crippen LogP contribution is -2.29. The molecule has 0 N–H and O–H groups in total. The molecule has 4 aromatic rings. The maximum atomic E-state index is 12.9. The van der Waals surface area contributed by atoms with Gasteiger partial charge in [0, 0.05) is 10.6 Å². The van der Waals surface area contributed by atoms with E-state index >= 15 is 0 Å². The highest BCUT2D eigenvalue weighted by Gasteiger charge is 2.37. The Kier molecular flexibility index (Phi) is 6.53. The summed E-state index contributed by atoms with van der Waals surface area (Å²) in [5, 5.41) is 0.376. The number of nitrogens with zero attached hydrogens (tertiary/aromatic N) is 1. The minimum atomic E-state index is -0.790. The highest BCUT2D eigenvalue weighted by Crippen LogP contribution is 2.30. The molecule has 2 amide bonds. The van der Waals surface area contributed by atoms with Gasteiger partial charge in [0.2, 0.25) is 0 Å². The molecular formula is C29H18ClNO6. The van der Waals surface area contributed by atoms with E-state index in [0.717, 1.165) is 4.90 Å². The van der Waals surface area contributed by atoms with Crippen molar-refractivity contribution in [3.63, 3.8) is 0 Å². The van der Waals surface area contributed by atoms with Crippen molar-refractivity contribution in [1.29, 1.82) is 0 Å². The maximum Gasteiger partial charge on any atom is 0.338 e. The normalized spacial score (nSPS) is 12.3. The summed E-state index contributed by atoms with van der Waals surface area (Å²) in [5.74, 6) is -1.06. The number of fused-ring (bicyclic) bond motifs is 1. The molecule has 1 aliphatic rings. The first-order valence-corrected chi connectivity index (χ1v) is 11.6. The van der Waals surface area contributed by atoms with Gasteiger partial charge in [0.1, 0.15) is 11.5 Å². The Morgan fingerprint density at radius 2 is 1.38 bits per heavy atom. The number of ether oxygens (including phenoxy) is 2. The molecule has 0 radical (unpaired) electrons. The molecule has 0 spiro atoms. The molecule has 0 bridgehead atoms. The second-order valence-corrected chi connectivity index (χ2v) is 8.56. The van der Waals surface area contributed by atoms with Crippen LogP contribution in [-0.2, 0) is 4.74 Å². The average molecular weight is 512 g/mol. The number of rotatable bonds is 7. The van der Waals surface area contributed by atoms with E-state index in [1.54, 1.807) is 42.5 Å². The van der Waals surface area contributed by atoms with Gasteiger partial charge in [-0.15, -0.1) is 0 Å². The molecule has 37 heavy (non-hydrogen) atoms. The van der Waals surface area contributed by atoms with Crippen LogP contribution in [0, 0.1) is 0 Å². The second-order valence-electron chi connectivity index (χ2n) is 8.12. The third-order valence-electron chi connectivity index (χ3n) is 5.68. The van der Waals surface area contributed by atoms with Gasteiger partial charge in [0.25, 0.3) is 11.8 Å². The number of amides is 2. The number of halogens is 1. The molecular weight excluding hydrogens is 494 g/mol. The summed E-state index contributed by atoms with van der Waals surface area (Å²) in [6, 6.07) is 26.1. The van der Waals surface area contributed by atoms with Crippen LogP contribution in [0.1, 0.15) is 41.4 Å². The Hall–Kier alpha value is -4.75. The number of hydrogen-bond acceptors (Lipinski definition) is 6. The fraction of sp³-hybridized carbons (Fsp3) is 0.0345. The molecule has 0 fully saturated rings. The van der Waals surface area contributed by atoms with Crippen LogP contribution in [0.5, 0.6) is 11.5 Å². The molecule has 4 aromatic carbocycles. The Bertz CT molecular complexity index is 1530. The minimum Gasteiger partial charge on any atom is -0.457 e. The van der Waals surface area contributed by atoms with Crippen LogP contribution >= 0.6 is 11.6 Å². The summed E-state index contributed by atoms with van der Waals surface area (Å²) < 4.78 is 10.9. The molecule has 0 unspecified atom stereocenters. The first-order chi connectivity index (χ1) is 17.9. The summed E-state index contributed by atoms with van der Waals surface area (Å²) in [7, 11) is 0. The lowest BCUT2D eigenvalue weighted by molar-refractivity contribution is 0.0474. The number of ketones is 1. The van der Waals surface area contributed by atoms with Crippen molar-refractivity contribution in [2.45, 2.75) is 0 Å². The van der Waals surface area contributed by atoms with Gasteiger partial charge in [-0.05, 0) is 72.8 Å². The molecule has 0 saturated carbocycles. The Labute approximate surface area is 216 Å². The molecule has 1 heterocycles. The number of para-hydroxylation sites is 1. The number of anilines is 1. The molecule has 1 aliphatic heterocycles. The molecule has 0 aliphatic carbocycles. The smallest absolute Gasteiger partial charge is 0.338 e. The largest absolute Gasteiger partial charge is 0.457 e. The number of carbonyl (C=O) groups is 4. The molecule has 7 nitrogen and oxygen atoms in total. The Morgan fingerprint density at radius 1 is 0.703 bits per heavy atom. The van der Waals surface area contributed by atoms with Crippen LogP contribution in [0.3, 0.4) is 0 Å². The van der Waals surface area contributed by atoms with Gasteiger partial charge in [0.05, 0.1) is 22.4 Å². The zero-order valence-electron chi connectivity index (χ0n) is 19.2. The molecule has 8 heteroatoms. The van der Waals surface area contributed by atoms with Crippen molar-refractivity contribution in [2.24, 2.45) is 0 Å². The van der Waals surface area contributed by atoms with E-state index in [2.05, 4.69) is 0 Å². The number of esters is 1. The van der Waals surface area contributed by atoms with E-state index in [9.17, 15) is 19.2 Å². The summed E-state index contributed by atoms with van der Waals surface area (Å²) in [5.41, 5.74) is 0.955. The Morgan fingerprint density at radius 3 is 2.11 bits per heavy atom. The molecule has 0 atom stereocenters. The molecule has 0 aromatic heterocycles. The number of imide groups is 1. The molecule has 0 saturated heterocycles. The van der Waals surface area contributed by atoms with Gasteiger partial charge in [-0.2, -0.15) is 0 Å². The highest BCUT2D eigenvalue weighted by atomic mass is 35.5. The fourth-order valence-corrected chi connectivity index (χ4v) is 4.03. The summed E-state index contributed by atoms with van der Waals surface area (Å²) in [4.78, 5) is 51.8. The van der Waals surface area contributed by atoms with Crippen LogP contribution < -0.4 is 9.64 Å². The van der Waals surface area contributed by atoms with Crippen molar-refractivity contribution >= 4 is 40.9 Å². The number of Topliss-reactive ketones (excluding diaryl/α,β-unsaturated/α-hetero) is 1. The van der Waals surface area contributed by atoms with E-state index in [1.807, 2.05) is 30.3 Å². The van der Waals surface area contributed by atoms with Crippen LogP contribution in [0.2, 0.25) is 5.02 Å². The van der Waals surface area contributed by atoms with Gasteiger partial charge in [-0.25, -0.2) is 9.69 Å². The minimum absolute atomic E-state index is 0.0484. The summed E-state index contributed by atoms with van der Waals surface area (Å²) in [6.07, 6.45) is 0. The van der Waals surface area contributed by atoms with E-state index in [0.29, 0.717) is 27.8 Å². The standard InChI is InChI=1S/C29H18ClNO6/c30-20-5-4-6-21(16-20)31-27(33)24-14-11-19(15-25(24)28(31)34)29(35)36-17-26(32)18-9-12-23(13-10-18)37-22-7-2-1-3-8-22/h1-16H,17H2. The average Bonchev–Trinajstić information content (AvgIpc) is 3.17. The van der Waals surface area contributed by atoms with E-state index in [-0.39, 0.29) is 16.7 Å². The first-order valence-electron chi connectivity index (χ1n) is 11.2. The monoisotopic (exact) mass is 511 g/mol. The van der Waals surface area contributed by atoms with Gasteiger partial charge in [0.15, 0.2) is 12.4 Å². The van der Waals surface area contributed by atoms with E-state index in [4.69, 9.17) is 21.1 Å². The van der Waals surface area contributed by atoms with Crippen molar-refractivity contribution < 1.29 is 28.7 Å². The number of hydrogen-bond donors (Lipinski definition) is 0. The van der Waals surface area contributed by atoms with Gasteiger partial charge in [-0.1, -0.05) is 35.9 Å². The van der Waals surface area contributed by atoms with Crippen LogP contribution in [0.4, 0.5) is 5.69 Å². The van der Waals surface area contributed by atoms with Crippen molar-refractivity contribution in [1.82, 2.24) is 0 Å². The predicted molar refractivity (Wildman–Crippen MR) is 137 cm³/mol. The van der Waals surface area contributed by atoms with Gasteiger partial charge in [-0.3, -0.25) is 14.4 Å². The topological polar surface area (TPSA) is 90.0 Å². The number of carbonyl (C=O) groups excluding carboxylic acids is 4. The maximum absolute atomic E-state index is 12.9. The third kappa shape index (κ3) is 4.98. The Balaban J connectivity index is 1.23. The number of benzene rings is 4. The van der Waals surface area contributed by atoms with Crippen molar-refractivity contribution in [3.05, 3.63) is 124 Å². The van der Waals surface area contributed by atoms with Gasteiger partial charge >= 0.3 is 5.97 Å². The molecule has 5 rings (SSSR count). The predicted octanol–water partition coefficient (Wildman–Crippen LogP) is 5.97. The lowest BCUT2D eigenvalue weighted by atomic mass is 10.1. The molecule has 182 valence electrons. The first kappa shape index (κ1) is 24.0. The van der Waals surface area contributed by atoms with Gasteiger partial charge < -0.3 is 9.47 Å². The van der Waals surface area contributed by atoms with Crippen LogP contribution in [-0.4, -0.2) is 30.2 Å². The lowest BCUT2D eigenvalue weighted by Gasteiger charge is -2.13. The summed E-state index contributed by atoms with van der Waals surface area (Å²) >= 11 is 6.00. The third-order valence-corrected chi connectivity index (χ3v) is 5.91. The van der Waals surface area contributed by atoms with E-state index < -0.39 is 30.2 Å². The fourth-order valence-electron chi connectivity index (χ4n) is 3.85. The van der Waals surface area contributed by atoms with Crippen molar-refractivity contribution in [2.75, 3.05) is 11.5 Å².